The van der Waals surface area contributed by atoms with Gasteiger partial charge in [0, 0.05) is 32.2 Å². The van der Waals surface area contributed by atoms with Gasteiger partial charge in [-0.2, -0.15) is 0 Å². The van der Waals surface area contributed by atoms with Gasteiger partial charge in [0.2, 0.25) is 5.91 Å². The monoisotopic (exact) mass is 291 g/mol. The lowest BCUT2D eigenvalue weighted by molar-refractivity contribution is -0.138. The molecule has 0 spiro atoms. The van der Waals surface area contributed by atoms with Crippen LogP contribution in [0.1, 0.15) is 41.0 Å². The first-order chi connectivity index (χ1) is 8.16. The third-order valence-electron chi connectivity index (χ3n) is 4.37. The summed E-state index contributed by atoms with van der Waals surface area (Å²) < 4.78 is 0. The number of halogens is 1. The van der Waals surface area contributed by atoms with E-state index in [1.54, 1.807) is 0 Å². The summed E-state index contributed by atoms with van der Waals surface area (Å²) in [6.45, 7) is 12.3. The summed E-state index contributed by atoms with van der Waals surface area (Å²) in [4.78, 5) is 16.4. The zero-order valence-electron chi connectivity index (χ0n) is 13.1. The third kappa shape index (κ3) is 4.33. The van der Waals surface area contributed by atoms with Crippen LogP contribution < -0.4 is 5.73 Å². The molecule has 0 aromatic rings. The van der Waals surface area contributed by atoms with E-state index >= 15 is 0 Å². The van der Waals surface area contributed by atoms with Crippen molar-refractivity contribution in [3.63, 3.8) is 0 Å². The molecular weight excluding hydrogens is 262 g/mol. The van der Waals surface area contributed by atoms with Crippen LogP contribution in [0, 0.1) is 5.41 Å². The summed E-state index contributed by atoms with van der Waals surface area (Å²) in [5.41, 5.74) is 6.22. The van der Waals surface area contributed by atoms with E-state index in [-0.39, 0.29) is 41.9 Å². The van der Waals surface area contributed by atoms with Crippen LogP contribution in [0.25, 0.3) is 0 Å². The number of hydrogen-bond acceptors (Lipinski definition) is 3. The number of likely N-dealkylation sites (tertiary alicyclic amines) is 1. The number of hydrogen-bond donors (Lipinski definition) is 1. The summed E-state index contributed by atoms with van der Waals surface area (Å²) in [5.74, 6) is 0.205. The van der Waals surface area contributed by atoms with Gasteiger partial charge in [0.25, 0.3) is 0 Å². The smallest absolute Gasteiger partial charge is 0.239 e. The first kappa shape index (κ1) is 18.7. The second kappa shape index (κ2) is 6.91. The Morgan fingerprint density at radius 1 is 1.37 bits per heavy atom. The molecule has 1 aliphatic rings. The Labute approximate surface area is 124 Å². The minimum absolute atomic E-state index is 0. The summed E-state index contributed by atoms with van der Waals surface area (Å²) in [6, 6.07) is 0.433. The van der Waals surface area contributed by atoms with E-state index in [1.807, 2.05) is 32.7 Å². The molecule has 1 fully saturated rings. The van der Waals surface area contributed by atoms with E-state index in [0.717, 1.165) is 19.5 Å². The first-order valence-corrected chi connectivity index (χ1v) is 6.93. The molecule has 1 rings (SSSR count). The first-order valence-electron chi connectivity index (χ1n) is 6.93. The van der Waals surface area contributed by atoms with Crippen molar-refractivity contribution >= 4 is 18.3 Å². The van der Waals surface area contributed by atoms with Gasteiger partial charge in [0.05, 0.1) is 6.04 Å². The van der Waals surface area contributed by atoms with Gasteiger partial charge in [0.1, 0.15) is 0 Å². The Morgan fingerprint density at radius 2 is 1.89 bits per heavy atom. The fourth-order valence-electron chi connectivity index (χ4n) is 2.45. The highest BCUT2D eigenvalue weighted by Gasteiger charge is 2.37. The largest absolute Gasteiger partial charge is 0.342 e. The molecule has 5 heteroatoms. The molecule has 1 saturated heterocycles. The number of piperidine rings is 1. The molecule has 1 amide bonds. The van der Waals surface area contributed by atoms with Crippen LogP contribution in [0.2, 0.25) is 0 Å². The lowest BCUT2D eigenvalue weighted by Crippen LogP contribution is -2.57. The standard InChI is InChI=1S/C14H29N3O.ClH/c1-10(2)16(6)13(18)11(3)17-8-7-12(15)14(4,5)9-17;/h10-12H,7-9,15H2,1-6H3;1H. The molecule has 0 saturated carbocycles. The maximum Gasteiger partial charge on any atom is 0.239 e. The Balaban J connectivity index is 0.00000324. The molecule has 4 nitrogen and oxygen atoms in total. The summed E-state index contributed by atoms with van der Waals surface area (Å²) in [5, 5.41) is 0. The van der Waals surface area contributed by atoms with Gasteiger partial charge in [-0.3, -0.25) is 9.69 Å². The maximum absolute atomic E-state index is 12.3. The summed E-state index contributed by atoms with van der Waals surface area (Å²) >= 11 is 0. The Morgan fingerprint density at radius 3 is 2.32 bits per heavy atom. The van der Waals surface area contributed by atoms with Crippen LogP contribution in [0.4, 0.5) is 0 Å². The lowest BCUT2D eigenvalue weighted by atomic mass is 9.79. The predicted octanol–water partition coefficient (Wildman–Crippen LogP) is 1.72. The van der Waals surface area contributed by atoms with Crippen molar-refractivity contribution in [3.05, 3.63) is 0 Å². The van der Waals surface area contributed by atoms with Crippen LogP contribution in [0.3, 0.4) is 0 Å². The highest BCUT2D eigenvalue weighted by atomic mass is 35.5. The zero-order chi connectivity index (χ0) is 14.1. The van der Waals surface area contributed by atoms with Gasteiger partial charge < -0.3 is 10.6 Å². The second-order valence-corrected chi connectivity index (χ2v) is 6.57. The normalized spacial score (nSPS) is 24.7. The number of carbonyl (C=O) groups excluding carboxylic acids is 1. The van der Waals surface area contributed by atoms with Crippen molar-refractivity contribution in [3.8, 4) is 0 Å². The predicted molar refractivity (Wildman–Crippen MR) is 82.6 cm³/mol. The number of carbonyl (C=O) groups is 1. The quantitative estimate of drug-likeness (QED) is 0.861. The molecule has 2 atom stereocenters. The van der Waals surface area contributed by atoms with E-state index < -0.39 is 0 Å². The molecule has 2 N–H and O–H groups in total. The molecule has 114 valence electrons. The van der Waals surface area contributed by atoms with E-state index in [1.165, 1.54) is 0 Å². The topological polar surface area (TPSA) is 49.6 Å². The van der Waals surface area contributed by atoms with Gasteiger partial charge in [-0.05, 0) is 32.6 Å². The van der Waals surface area contributed by atoms with Gasteiger partial charge in [-0.15, -0.1) is 12.4 Å². The second-order valence-electron chi connectivity index (χ2n) is 6.57. The van der Waals surface area contributed by atoms with Crippen molar-refractivity contribution < 1.29 is 4.79 Å². The van der Waals surface area contributed by atoms with Gasteiger partial charge >= 0.3 is 0 Å². The number of likely N-dealkylation sites (N-methyl/N-ethyl adjacent to an activating group) is 1. The Bertz CT molecular complexity index is 307. The average Bonchev–Trinajstić information content (AvgIpc) is 2.29. The van der Waals surface area contributed by atoms with Crippen LogP contribution >= 0.6 is 12.4 Å². The van der Waals surface area contributed by atoms with Crippen molar-refractivity contribution in [2.45, 2.75) is 59.2 Å². The van der Waals surface area contributed by atoms with Gasteiger partial charge in [0.15, 0.2) is 0 Å². The van der Waals surface area contributed by atoms with E-state index in [9.17, 15) is 4.79 Å². The molecule has 0 aromatic carbocycles. The highest BCUT2D eigenvalue weighted by Crippen LogP contribution is 2.29. The number of nitrogens with two attached hydrogens (primary N) is 1. The molecule has 1 heterocycles. The van der Waals surface area contributed by atoms with Crippen molar-refractivity contribution in [2.24, 2.45) is 11.1 Å². The summed E-state index contributed by atoms with van der Waals surface area (Å²) in [7, 11) is 1.88. The van der Waals surface area contributed by atoms with Gasteiger partial charge in [-0.25, -0.2) is 0 Å². The van der Waals surface area contributed by atoms with E-state index in [0.29, 0.717) is 0 Å². The molecule has 1 aliphatic heterocycles. The fraction of sp³-hybridized carbons (Fsp3) is 0.929. The van der Waals surface area contributed by atoms with Crippen LogP contribution in [-0.2, 0) is 4.79 Å². The number of amides is 1. The van der Waals surface area contributed by atoms with E-state index in [4.69, 9.17) is 5.73 Å². The summed E-state index contributed by atoms with van der Waals surface area (Å²) in [6.07, 6.45) is 0.968. The molecule has 0 aromatic heterocycles. The minimum atomic E-state index is -0.0517. The number of rotatable bonds is 3. The molecule has 0 aliphatic carbocycles. The minimum Gasteiger partial charge on any atom is -0.342 e. The van der Waals surface area contributed by atoms with Crippen molar-refractivity contribution in [1.82, 2.24) is 9.80 Å². The van der Waals surface area contributed by atoms with Gasteiger partial charge in [-0.1, -0.05) is 13.8 Å². The van der Waals surface area contributed by atoms with Crippen LogP contribution in [0.15, 0.2) is 0 Å². The average molecular weight is 292 g/mol. The Hall–Kier alpha value is -0.320. The van der Waals surface area contributed by atoms with Crippen molar-refractivity contribution in [2.75, 3.05) is 20.1 Å². The molecule has 2 unspecified atom stereocenters. The third-order valence-corrected chi connectivity index (χ3v) is 4.37. The molecule has 0 bridgehead atoms. The highest BCUT2D eigenvalue weighted by molar-refractivity contribution is 5.85. The lowest BCUT2D eigenvalue weighted by Gasteiger charge is -2.45. The number of nitrogens with zero attached hydrogens (tertiary/aromatic N) is 2. The molecule has 0 radical (unpaired) electrons. The van der Waals surface area contributed by atoms with Crippen molar-refractivity contribution in [1.29, 1.82) is 0 Å². The molecular formula is C14H30ClN3O. The SMILES string of the molecule is CC(C(=O)N(C)C(C)C)N1CCC(N)C(C)(C)C1.Cl. The van der Waals surface area contributed by atoms with Crippen LogP contribution in [-0.4, -0.2) is 54.0 Å². The fourth-order valence-corrected chi connectivity index (χ4v) is 2.45. The van der Waals surface area contributed by atoms with E-state index in [2.05, 4.69) is 18.7 Å². The van der Waals surface area contributed by atoms with Crippen LogP contribution in [0.5, 0.6) is 0 Å². The zero-order valence-corrected chi connectivity index (χ0v) is 14.0. The maximum atomic E-state index is 12.3. The Kier molecular flexibility index (Phi) is 6.79. The molecule has 19 heavy (non-hydrogen) atoms.